The Morgan fingerprint density at radius 2 is 2.19 bits per heavy atom. The zero-order valence-electron chi connectivity index (χ0n) is 13.4. The lowest BCUT2D eigenvalue weighted by Gasteiger charge is -2.20. The summed E-state index contributed by atoms with van der Waals surface area (Å²) in [6.07, 6.45) is 4.84. The second kappa shape index (κ2) is 5.82. The number of benzene rings is 1. The maximum absolute atomic E-state index is 6.13. The summed E-state index contributed by atoms with van der Waals surface area (Å²) in [4.78, 5) is 0. The molecule has 21 heavy (non-hydrogen) atoms. The Kier molecular flexibility index (Phi) is 4.05. The van der Waals surface area contributed by atoms with E-state index in [0.717, 1.165) is 32.5 Å². The Hall–Kier alpha value is -1.32. The summed E-state index contributed by atoms with van der Waals surface area (Å²) in [6.45, 7) is 9.41. The second-order valence-electron chi connectivity index (χ2n) is 6.68. The minimum atomic E-state index is 0.0455. The molecule has 2 heterocycles. The lowest BCUT2D eigenvalue weighted by molar-refractivity contribution is -0.0212. The van der Waals surface area contributed by atoms with Gasteiger partial charge in [0.2, 0.25) is 0 Å². The number of aromatic nitrogens is 1. The summed E-state index contributed by atoms with van der Waals surface area (Å²) in [6, 6.07) is 8.94. The van der Waals surface area contributed by atoms with E-state index in [2.05, 4.69) is 61.1 Å². The molecule has 3 nitrogen and oxygen atoms in total. The number of nitrogens with zero attached hydrogens (tertiary/aromatic N) is 1. The van der Waals surface area contributed by atoms with E-state index in [9.17, 15) is 0 Å². The largest absolute Gasteiger partial charge is 0.370 e. The number of nitrogens with one attached hydrogen (secondary N) is 1. The predicted molar refractivity (Wildman–Crippen MR) is 87.5 cm³/mol. The number of rotatable bonds is 5. The van der Waals surface area contributed by atoms with Gasteiger partial charge in [-0.1, -0.05) is 19.1 Å². The molecule has 0 aliphatic carbocycles. The second-order valence-corrected chi connectivity index (χ2v) is 6.68. The van der Waals surface area contributed by atoms with Crippen molar-refractivity contribution < 1.29 is 4.74 Å². The average Bonchev–Trinajstić information content (AvgIpc) is 3.00. The molecular formula is C18H26N2O. The van der Waals surface area contributed by atoms with Crippen LogP contribution in [0.2, 0.25) is 0 Å². The molecule has 3 heteroatoms. The summed E-state index contributed by atoms with van der Waals surface area (Å²) >= 11 is 0. The fourth-order valence-corrected chi connectivity index (χ4v) is 3.19. The standard InChI is InChI=1S/C18H26N2O/c1-4-19-12-14-5-6-15-8-10-20(17(15)11-14)13-16-7-9-18(2,3)21-16/h5-6,8,10-11,16,19H,4,7,9,12-13H2,1-3H3. The topological polar surface area (TPSA) is 26.2 Å². The molecule has 0 spiro atoms. The van der Waals surface area contributed by atoms with Gasteiger partial charge in [-0.3, -0.25) is 0 Å². The molecule has 114 valence electrons. The highest BCUT2D eigenvalue weighted by Gasteiger charge is 2.31. The fourth-order valence-electron chi connectivity index (χ4n) is 3.19. The Bertz CT molecular complexity index is 615. The van der Waals surface area contributed by atoms with Gasteiger partial charge >= 0.3 is 0 Å². The van der Waals surface area contributed by atoms with Gasteiger partial charge in [0.25, 0.3) is 0 Å². The smallest absolute Gasteiger partial charge is 0.0762 e. The normalized spacial score (nSPS) is 21.2. The summed E-state index contributed by atoms with van der Waals surface area (Å²) in [5.74, 6) is 0. The van der Waals surface area contributed by atoms with Crippen molar-refractivity contribution in [3.8, 4) is 0 Å². The van der Waals surface area contributed by atoms with Crippen molar-refractivity contribution in [1.29, 1.82) is 0 Å². The van der Waals surface area contributed by atoms with Gasteiger partial charge in [-0.05, 0) is 56.3 Å². The van der Waals surface area contributed by atoms with Gasteiger partial charge in [0.1, 0.15) is 0 Å². The van der Waals surface area contributed by atoms with Gasteiger partial charge in [-0.2, -0.15) is 0 Å². The maximum atomic E-state index is 6.13. The molecule has 0 saturated carbocycles. The number of hydrogen-bond donors (Lipinski definition) is 1. The van der Waals surface area contributed by atoms with Crippen LogP contribution in [0.15, 0.2) is 30.5 Å². The fraction of sp³-hybridized carbons (Fsp3) is 0.556. The zero-order chi connectivity index (χ0) is 14.9. The number of ether oxygens (including phenoxy) is 1. The van der Waals surface area contributed by atoms with Crippen molar-refractivity contribution in [2.45, 2.75) is 58.4 Å². The van der Waals surface area contributed by atoms with Crippen LogP contribution in [0.5, 0.6) is 0 Å². The van der Waals surface area contributed by atoms with Crippen LogP contribution in [-0.2, 0) is 17.8 Å². The number of hydrogen-bond acceptors (Lipinski definition) is 2. The predicted octanol–water partition coefficient (Wildman–Crippen LogP) is 3.71. The number of fused-ring (bicyclic) bond motifs is 1. The minimum absolute atomic E-state index is 0.0455. The van der Waals surface area contributed by atoms with Crippen LogP contribution >= 0.6 is 0 Å². The van der Waals surface area contributed by atoms with Crippen molar-refractivity contribution in [1.82, 2.24) is 9.88 Å². The quantitative estimate of drug-likeness (QED) is 0.907. The van der Waals surface area contributed by atoms with E-state index in [4.69, 9.17) is 4.74 Å². The summed E-state index contributed by atoms with van der Waals surface area (Å²) in [5.41, 5.74) is 2.71. The van der Waals surface area contributed by atoms with E-state index < -0.39 is 0 Å². The molecular weight excluding hydrogens is 260 g/mol. The Labute approximate surface area is 127 Å². The van der Waals surface area contributed by atoms with Gasteiger partial charge in [0.05, 0.1) is 11.7 Å². The van der Waals surface area contributed by atoms with Crippen LogP contribution in [-0.4, -0.2) is 22.8 Å². The highest BCUT2D eigenvalue weighted by atomic mass is 16.5. The molecule has 1 N–H and O–H groups in total. The van der Waals surface area contributed by atoms with Crippen LogP contribution in [0.1, 0.15) is 39.2 Å². The molecule has 1 aliphatic heterocycles. The van der Waals surface area contributed by atoms with Crippen LogP contribution in [0.3, 0.4) is 0 Å². The van der Waals surface area contributed by atoms with E-state index in [1.54, 1.807) is 0 Å². The van der Waals surface area contributed by atoms with E-state index in [1.807, 2.05) is 0 Å². The first kappa shape index (κ1) is 14.6. The molecule has 1 unspecified atom stereocenters. The van der Waals surface area contributed by atoms with E-state index >= 15 is 0 Å². The van der Waals surface area contributed by atoms with Crippen LogP contribution in [0, 0.1) is 0 Å². The highest BCUT2D eigenvalue weighted by Crippen LogP contribution is 2.31. The highest BCUT2D eigenvalue weighted by molar-refractivity contribution is 5.80. The lowest BCUT2D eigenvalue weighted by Crippen LogP contribution is -2.22. The van der Waals surface area contributed by atoms with Gasteiger partial charge < -0.3 is 14.6 Å². The van der Waals surface area contributed by atoms with Crippen LogP contribution < -0.4 is 5.32 Å². The molecule has 1 atom stereocenters. The first-order valence-electron chi connectivity index (χ1n) is 8.04. The summed E-state index contributed by atoms with van der Waals surface area (Å²) in [5, 5.41) is 4.70. The first-order valence-corrected chi connectivity index (χ1v) is 8.04. The van der Waals surface area contributed by atoms with Crippen molar-refractivity contribution >= 4 is 10.9 Å². The monoisotopic (exact) mass is 286 g/mol. The van der Waals surface area contributed by atoms with E-state index in [-0.39, 0.29) is 5.60 Å². The van der Waals surface area contributed by atoms with Crippen molar-refractivity contribution in [3.63, 3.8) is 0 Å². The third-order valence-corrected chi connectivity index (χ3v) is 4.37. The Balaban J connectivity index is 1.78. The minimum Gasteiger partial charge on any atom is -0.370 e. The summed E-state index contributed by atoms with van der Waals surface area (Å²) in [7, 11) is 0. The van der Waals surface area contributed by atoms with Gasteiger partial charge in [-0.25, -0.2) is 0 Å². The van der Waals surface area contributed by atoms with Crippen molar-refractivity contribution in [2.75, 3.05) is 6.54 Å². The van der Waals surface area contributed by atoms with E-state index in [0.29, 0.717) is 6.10 Å². The lowest BCUT2D eigenvalue weighted by atomic mass is 10.1. The molecule has 1 fully saturated rings. The first-order chi connectivity index (χ1) is 10.1. The molecule has 3 rings (SSSR count). The van der Waals surface area contributed by atoms with Crippen molar-refractivity contribution in [2.24, 2.45) is 0 Å². The average molecular weight is 286 g/mol. The van der Waals surface area contributed by atoms with Gasteiger partial charge in [-0.15, -0.1) is 0 Å². The van der Waals surface area contributed by atoms with Crippen LogP contribution in [0.4, 0.5) is 0 Å². The molecule has 2 aromatic rings. The van der Waals surface area contributed by atoms with Gasteiger partial charge in [0, 0.05) is 24.8 Å². The molecule has 0 amide bonds. The zero-order valence-corrected chi connectivity index (χ0v) is 13.4. The third kappa shape index (κ3) is 3.30. The maximum Gasteiger partial charge on any atom is 0.0762 e. The van der Waals surface area contributed by atoms with Crippen molar-refractivity contribution in [3.05, 3.63) is 36.0 Å². The molecule has 0 bridgehead atoms. The van der Waals surface area contributed by atoms with Crippen LogP contribution in [0.25, 0.3) is 10.9 Å². The molecule has 0 radical (unpaired) electrons. The van der Waals surface area contributed by atoms with Gasteiger partial charge in [0.15, 0.2) is 0 Å². The molecule has 1 aromatic heterocycles. The third-order valence-electron chi connectivity index (χ3n) is 4.37. The molecule has 1 saturated heterocycles. The van der Waals surface area contributed by atoms with E-state index in [1.165, 1.54) is 16.5 Å². The SMILES string of the molecule is CCNCc1ccc2ccn(CC3CCC(C)(C)O3)c2c1. The Morgan fingerprint density at radius 3 is 2.90 bits per heavy atom. The molecule has 1 aromatic carbocycles. The summed E-state index contributed by atoms with van der Waals surface area (Å²) < 4.78 is 8.48. The Morgan fingerprint density at radius 1 is 1.33 bits per heavy atom. The molecule has 1 aliphatic rings.